The van der Waals surface area contributed by atoms with Gasteiger partial charge in [-0.3, -0.25) is 5.32 Å². The number of hydrogen-bond donors (Lipinski definition) is 3. The maximum Gasteiger partial charge on any atom is 0.409 e. The summed E-state index contributed by atoms with van der Waals surface area (Å²) in [6.07, 6.45) is 3.17. The molecule has 8 nitrogen and oxygen atoms in total. The summed E-state index contributed by atoms with van der Waals surface area (Å²) in [7, 11) is 0. The van der Waals surface area contributed by atoms with E-state index in [1.54, 1.807) is 17.2 Å². The molecule has 138 valence electrons. The van der Waals surface area contributed by atoms with E-state index in [1.807, 2.05) is 26.8 Å². The van der Waals surface area contributed by atoms with Gasteiger partial charge in [-0.05, 0) is 45.7 Å². The number of likely N-dealkylation sites (tertiary alicyclic amines) is 1. The van der Waals surface area contributed by atoms with Crippen LogP contribution in [0.5, 0.6) is 0 Å². The molecule has 1 aromatic rings. The third kappa shape index (κ3) is 6.13. The van der Waals surface area contributed by atoms with Crippen molar-refractivity contribution in [2.45, 2.75) is 45.7 Å². The number of carbonyl (C=O) groups is 2. The molecule has 1 saturated heterocycles. The Kier molecular flexibility index (Phi) is 6.85. The summed E-state index contributed by atoms with van der Waals surface area (Å²) in [4.78, 5) is 29.3. The predicted molar refractivity (Wildman–Crippen MR) is 96.8 cm³/mol. The molecule has 0 spiro atoms. The second-order valence-electron chi connectivity index (χ2n) is 6.29. The lowest BCUT2D eigenvalue weighted by atomic mass is 10.1. The molecule has 0 saturated carbocycles. The van der Waals surface area contributed by atoms with Gasteiger partial charge in [0.15, 0.2) is 0 Å². The van der Waals surface area contributed by atoms with E-state index in [0.29, 0.717) is 25.5 Å². The molecule has 2 heterocycles. The number of anilines is 2. The average molecular weight is 349 g/mol. The summed E-state index contributed by atoms with van der Waals surface area (Å²) in [6, 6.07) is 3.73. The highest BCUT2D eigenvalue weighted by Gasteiger charge is 2.23. The second kappa shape index (κ2) is 9.10. The van der Waals surface area contributed by atoms with Crippen LogP contribution in [-0.4, -0.2) is 53.8 Å². The quantitative estimate of drug-likeness (QED) is 0.759. The number of nitrogens with zero attached hydrogens (tertiary/aromatic N) is 2. The topological polar surface area (TPSA) is 95.6 Å². The summed E-state index contributed by atoms with van der Waals surface area (Å²) < 4.78 is 5.02. The molecule has 1 aliphatic rings. The Morgan fingerprint density at radius 1 is 1.32 bits per heavy atom. The minimum absolute atomic E-state index is 0.0708. The molecule has 1 aliphatic heterocycles. The van der Waals surface area contributed by atoms with Gasteiger partial charge in [-0.1, -0.05) is 0 Å². The van der Waals surface area contributed by atoms with Crippen LogP contribution in [0.2, 0.25) is 0 Å². The second-order valence-corrected chi connectivity index (χ2v) is 6.29. The van der Waals surface area contributed by atoms with Crippen molar-refractivity contribution in [1.29, 1.82) is 0 Å². The van der Waals surface area contributed by atoms with Crippen molar-refractivity contribution >= 4 is 23.6 Å². The van der Waals surface area contributed by atoms with E-state index >= 15 is 0 Å². The van der Waals surface area contributed by atoms with Gasteiger partial charge in [0.1, 0.15) is 5.82 Å². The number of pyridine rings is 1. The molecular weight excluding hydrogens is 322 g/mol. The number of carbonyl (C=O) groups excluding carboxylic acids is 2. The van der Waals surface area contributed by atoms with Gasteiger partial charge >= 0.3 is 12.1 Å². The SMILES string of the molecule is CCOC(=O)N1CCC(Nc2ccc(NC(=O)NC(C)C)nc2)CC1. The molecule has 0 bridgehead atoms. The maximum atomic E-state index is 11.7. The van der Waals surface area contributed by atoms with Crippen LogP contribution in [-0.2, 0) is 4.74 Å². The molecule has 3 amide bonds. The first-order valence-electron chi connectivity index (χ1n) is 8.69. The summed E-state index contributed by atoms with van der Waals surface area (Å²) in [5, 5.41) is 8.85. The molecular formula is C17H27N5O3. The van der Waals surface area contributed by atoms with E-state index in [-0.39, 0.29) is 24.2 Å². The molecule has 1 fully saturated rings. The Labute approximate surface area is 148 Å². The van der Waals surface area contributed by atoms with Crippen molar-refractivity contribution in [3.8, 4) is 0 Å². The van der Waals surface area contributed by atoms with Crippen LogP contribution in [0, 0.1) is 0 Å². The summed E-state index contributed by atoms with van der Waals surface area (Å²) >= 11 is 0. The normalized spacial score (nSPS) is 15.0. The monoisotopic (exact) mass is 349 g/mol. The van der Waals surface area contributed by atoms with Crippen LogP contribution < -0.4 is 16.0 Å². The Morgan fingerprint density at radius 3 is 2.60 bits per heavy atom. The van der Waals surface area contributed by atoms with Crippen molar-refractivity contribution in [3.05, 3.63) is 18.3 Å². The highest BCUT2D eigenvalue weighted by molar-refractivity contribution is 5.88. The molecule has 1 aromatic heterocycles. The first-order valence-corrected chi connectivity index (χ1v) is 8.69. The fraction of sp³-hybridized carbons (Fsp3) is 0.588. The van der Waals surface area contributed by atoms with Gasteiger partial charge < -0.3 is 20.3 Å². The molecule has 0 aliphatic carbocycles. The third-order valence-electron chi connectivity index (χ3n) is 3.82. The fourth-order valence-corrected chi connectivity index (χ4v) is 2.62. The fourth-order valence-electron chi connectivity index (χ4n) is 2.62. The zero-order valence-electron chi connectivity index (χ0n) is 15.0. The van der Waals surface area contributed by atoms with Crippen LogP contribution in [0.15, 0.2) is 18.3 Å². The Morgan fingerprint density at radius 2 is 2.04 bits per heavy atom. The van der Waals surface area contributed by atoms with Gasteiger partial charge in [-0.25, -0.2) is 14.6 Å². The zero-order chi connectivity index (χ0) is 18.2. The lowest BCUT2D eigenvalue weighted by Crippen LogP contribution is -2.42. The number of aromatic nitrogens is 1. The largest absolute Gasteiger partial charge is 0.450 e. The van der Waals surface area contributed by atoms with Crippen LogP contribution in [0.25, 0.3) is 0 Å². The number of ether oxygens (including phenoxy) is 1. The van der Waals surface area contributed by atoms with E-state index < -0.39 is 0 Å². The summed E-state index contributed by atoms with van der Waals surface area (Å²) in [5.41, 5.74) is 0.893. The van der Waals surface area contributed by atoms with Crippen molar-refractivity contribution in [3.63, 3.8) is 0 Å². The molecule has 0 unspecified atom stereocenters. The minimum atomic E-state index is -0.269. The number of nitrogens with one attached hydrogen (secondary N) is 3. The molecule has 8 heteroatoms. The number of urea groups is 1. The molecule has 0 atom stereocenters. The van der Waals surface area contributed by atoms with E-state index in [4.69, 9.17) is 4.74 Å². The number of piperidine rings is 1. The summed E-state index contributed by atoms with van der Waals surface area (Å²) in [6.45, 7) is 7.36. The lowest BCUT2D eigenvalue weighted by molar-refractivity contribution is 0.0983. The number of amides is 3. The Balaban J connectivity index is 1.78. The van der Waals surface area contributed by atoms with Gasteiger partial charge in [0.2, 0.25) is 0 Å². The Bertz CT molecular complexity index is 568. The average Bonchev–Trinajstić information content (AvgIpc) is 2.57. The van der Waals surface area contributed by atoms with Gasteiger partial charge in [-0.2, -0.15) is 0 Å². The summed E-state index contributed by atoms with van der Waals surface area (Å²) in [5.74, 6) is 0.501. The highest BCUT2D eigenvalue weighted by Crippen LogP contribution is 2.17. The van der Waals surface area contributed by atoms with Gasteiger partial charge in [0, 0.05) is 25.2 Å². The predicted octanol–water partition coefficient (Wildman–Crippen LogP) is 2.64. The third-order valence-corrected chi connectivity index (χ3v) is 3.82. The molecule has 0 radical (unpaired) electrons. The Hall–Kier alpha value is -2.51. The van der Waals surface area contributed by atoms with Crippen LogP contribution in [0.3, 0.4) is 0 Å². The van der Waals surface area contributed by atoms with E-state index in [9.17, 15) is 9.59 Å². The van der Waals surface area contributed by atoms with E-state index in [2.05, 4.69) is 20.9 Å². The van der Waals surface area contributed by atoms with E-state index in [1.165, 1.54) is 0 Å². The van der Waals surface area contributed by atoms with Gasteiger partial charge in [0.05, 0.1) is 18.5 Å². The molecule has 3 N–H and O–H groups in total. The number of hydrogen-bond acceptors (Lipinski definition) is 5. The van der Waals surface area contributed by atoms with Crippen molar-refractivity contribution in [2.24, 2.45) is 0 Å². The van der Waals surface area contributed by atoms with Gasteiger partial charge in [0.25, 0.3) is 0 Å². The first-order chi connectivity index (χ1) is 12.0. The van der Waals surface area contributed by atoms with Crippen molar-refractivity contribution in [2.75, 3.05) is 30.3 Å². The van der Waals surface area contributed by atoms with Crippen molar-refractivity contribution in [1.82, 2.24) is 15.2 Å². The van der Waals surface area contributed by atoms with Crippen LogP contribution in [0.4, 0.5) is 21.1 Å². The highest BCUT2D eigenvalue weighted by atomic mass is 16.6. The van der Waals surface area contributed by atoms with E-state index in [0.717, 1.165) is 18.5 Å². The first kappa shape index (κ1) is 18.8. The minimum Gasteiger partial charge on any atom is -0.450 e. The lowest BCUT2D eigenvalue weighted by Gasteiger charge is -2.32. The molecule has 0 aromatic carbocycles. The van der Waals surface area contributed by atoms with Crippen molar-refractivity contribution < 1.29 is 14.3 Å². The standard InChI is InChI=1S/C17H27N5O3/c1-4-25-17(24)22-9-7-13(8-10-22)20-14-5-6-15(18-11-14)21-16(23)19-12(2)3/h5-6,11-13,20H,4,7-10H2,1-3H3,(H2,18,19,21,23). The van der Waals surface area contributed by atoms with Gasteiger partial charge in [-0.15, -0.1) is 0 Å². The zero-order valence-corrected chi connectivity index (χ0v) is 15.0. The maximum absolute atomic E-state index is 11.7. The van der Waals surface area contributed by atoms with Crippen LogP contribution >= 0.6 is 0 Å². The smallest absolute Gasteiger partial charge is 0.409 e. The number of rotatable bonds is 5. The van der Waals surface area contributed by atoms with Crippen LogP contribution in [0.1, 0.15) is 33.6 Å². The molecule has 2 rings (SSSR count). The molecule has 25 heavy (non-hydrogen) atoms.